The SMILES string of the molecule is O=C1N[Si@H]2CCNC[C@@H]2N1c1nc2c3c(ccc2s1)OCC3. The molecular formula is C14H16N4O2SSi. The highest BCUT2D eigenvalue weighted by Crippen LogP contribution is 2.38. The first-order valence-corrected chi connectivity index (χ1v) is 10.5. The molecule has 0 bridgehead atoms. The smallest absolute Gasteiger partial charge is 0.315 e. The molecule has 0 radical (unpaired) electrons. The van der Waals surface area contributed by atoms with Gasteiger partial charge in [-0.25, -0.2) is 9.78 Å². The van der Waals surface area contributed by atoms with Crippen molar-refractivity contribution in [3.8, 4) is 5.75 Å². The van der Waals surface area contributed by atoms with E-state index in [1.54, 1.807) is 11.3 Å². The molecular weight excluding hydrogens is 316 g/mol. The van der Waals surface area contributed by atoms with E-state index >= 15 is 0 Å². The summed E-state index contributed by atoms with van der Waals surface area (Å²) in [4.78, 5) is 22.3. The summed E-state index contributed by atoms with van der Waals surface area (Å²) in [6.45, 7) is 2.63. The van der Waals surface area contributed by atoms with Crippen molar-refractivity contribution in [3.05, 3.63) is 17.7 Å². The number of nitrogens with one attached hydrogen (secondary N) is 2. The van der Waals surface area contributed by atoms with Gasteiger partial charge in [-0.05, 0) is 24.7 Å². The van der Waals surface area contributed by atoms with Gasteiger partial charge in [0, 0.05) is 18.5 Å². The minimum absolute atomic E-state index is 0.0392. The molecule has 6 nitrogen and oxygen atoms in total. The van der Waals surface area contributed by atoms with E-state index in [1.807, 2.05) is 11.0 Å². The van der Waals surface area contributed by atoms with Gasteiger partial charge in [-0.2, -0.15) is 0 Å². The van der Waals surface area contributed by atoms with Crippen LogP contribution in [0.15, 0.2) is 12.1 Å². The molecule has 2 fully saturated rings. The predicted octanol–water partition coefficient (Wildman–Crippen LogP) is 0.996. The number of amides is 2. The summed E-state index contributed by atoms with van der Waals surface area (Å²) in [5, 5.41) is 4.24. The van der Waals surface area contributed by atoms with Gasteiger partial charge < -0.3 is 15.0 Å². The van der Waals surface area contributed by atoms with Gasteiger partial charge in [0.25, 0.3) is 0 Å². The molecule has 0 aliphatic carbocycles. The number of hydrogen-bond acceptors (Lipinski definition) is 5. The molecule has 5 rings (SSSR count). The van der Waals surface area contributed by atoms with E-state index in [4.69, 9.17) is 9.72 Å². The highest BCUT2D eigenvalue weighted by molar-refractivity contribution is 7.22. The molecule has 0 spiro atoms. The van der Waals surface area contributed by atoms with Crippen molar-refractivity contribution in [1.29, 1.82) is 0 Å². The molecule has 8 heteroatoms. The fourth-order valence-electron chi connectivity index (χ4n) is 3.65. The van der Waals surface area contributed by atoms with Crippen LogP contribution in [0.2, 0.25) is 6.04 Å². The number of hydrogen-bond donors (Lipinski definition) is 2. The molecule has 0 saturated carbocycles. The zero-order valence-electron chi connectivity index (χ0n) is 12.0. The second-order valence-electron chi connectivity index (χ2n) is 5.97. The molecule has 2 atom stereocenters. The second kappa shape index (κ2) is 4.67. The Bertz CT molecular complexity index is 780. The molecule has 3 aliphatic heterocycles. The van der Waals surface area contributed by atoms with Crippen LogP contribution < -0.4 is 19.9 Å². The molecule has 2 amide bonds. The number of anilines is 1. The van der Waals surface area contributed by atoms with Crippen molar-refractivity contribution in [2.45, 2.75) is 18.1 Å². The monoisotopic (exact) mass is 332 g/mol. The van der Waals surface area contributed by atoms with E-state index in [0.717, 1.165) is 53.3 Å². The van der Waals surface area contributed by atoms with Gasteiger partial charge in [0.15, 0.2) is 14.1 Å². The molecule has 2 N–H and O–H groups in total. The highest BCUT2D eigenvalue weighted by Gasteiger charge is 2.44. The normalized spacial score (nSPS) is 26.7. The maximum absolute atomic E-state index is 12.4. The van der Waals surface area contributed by atoms with Crippen molar-refractivity contribution in [1.82, 2.24) is 15.3 Å². The maximum atomic E-state index is 12.4. The quantitative estimate of drug-likeness (QED) is 0.765. The molecule has 4 heterocycles. The summed E-state index contributed by atoms with van der Waals surface area (Å²) in [5.41, 5.74) is 2.50. The summed E-state index contributed by atoms with van der Waals surface area (Å²) in [7, 11) is -1.23. The van der Waals surface area contributed by atoms with Crippen molar-refractivity contribution in [3.63, 3.8) is 0 Å². The van der Waals surface area contributed by atoms with Crippen molar-refractivity contribution < 1.29 is 9.53 Å². The minimum atomic E-state index is -1.23. The lowest BCUT2D eigenvalue weighted by molar-refractivity contribution is 0.252. The predicted molar refractivity (Wildman–Crippen MR) is 88.4 cm³/mol. The first-order chi connectivity index (χ1) is 10.8. The van der Waals surface area contributed by atoms with E-state index in [2.05, 4.69) is 16.4 Å². The number of fused-ring (bicyclic) bond motifs is 4. The van der Waals surface area contributed by atoms with Crippen LogP contribution in [0.25, 0.3) is 10.2 Å². The molecule has 114 valence electrons. The molecule has 2 aromatic rings. The molecule has 2 saturated heterocycles. The van der Waals surface area contributed by atoms with E-state index in [9.17, 15) is 4.79 Å². The Morgan fingerprint density at radius 2 is 2.41 bits per heavy atom. The zero-order chi connectivity index (χ0) is 14.7. The molecule has 1 aromatic carbocycles. The summed E-state index contributed by atoms with van der Waals surface area (Å²) >= 11 is 1.61. The van der Waals surface area contributed by atoms with Crippen LogP contribution >= 0.6 is 11.3 Å². The van der Waals surface area contributed by atoms with Gasteiger partial charge >= 0.3 is 6.03 Å². The zero-order valence-corrected chi connectivity index (χ0v) is 13.9. The number of nitrogens with zero attached hydrogens (tertiary/aromatic N) is 2. The number of ether oxygens (including phenoxy) is 1. The fourth-order valence-corrected chi connectivity index (χ4v) is 7.59. The van der Waals surface area contributed by atoms with Crippen LogP contribution in [-0.2, 0) is 6.42 Å². The number of benzene rings is 1. The van der Waals surface area contributed by atoms with Gasteiger partial charge in [0.2, 0.25) is 0 Å². The summed E-state index contributed by atoms with van der Waals surface area (Å²) in [6.07, 6.45) is 0.907. The lowest BCUT2D eigenvalue weighted by Gasteiger charge is -2.27. The summed E-state index contributed by atoms with van der Waals surface area (Å²) < 4.78 is 6.76. The lowest BCUT2D eigenvalue weighted by atomic mass is 10.1. The third-order valence-electron chi connectivity index (χ3n) is 4.74. The number of carbonyl (C=O) groups excluding carboxylic acids is 1. The topological polar surface area (TPSA) is 66.5 Å². The Kier molecular flexibility index (Phi) is 2.73. The average molecular weight is 332 g/mol. The van der Waals surface area contributed by atoms with Crippen LogP contribution in [0.5, 0.6) is 5.75 Å². The van der Waals surface area contributed by atoms with Gasteiger partial charge in [-0.1, -0.05) is 11.3 Å². The van der Waals surface area contributed by atoms with Gasteiger partial charge in [-0.3, -0.25) is 4.90 Å². The Balaban J connectivity index is 1.60. The third kappa shape index (κ3) is 1.74. The third-order valence-corrected chi connectivity index (χ3v) is 8.75. The van der Waals surface area contributed by atoms with Crippen LogP contribution in [-0.4, -0.2) is 45.3 Å². The van der Waals surface area contributed by atoms with E-state index in [0.29, 0.717) is 5.67 Å². The fraction of sp³-hybridized carbons (Fsp3) is 0.429. The van der Waals surface area contributed by atoms with Crippen molar-refractivity contribution >= 4 is 41.7 Å². The highest BCUT2D eigenvalue weighted by atomic mass is 32.1. The number of carbonyl (C=O) groups is 1. The Morgan fingerprint density at radius 1 is 1.45 bits per heavy atom. The average Bonchev–Trinajstić information content (AvgIpc) is 3.20. The van der Waals surface area contributed by atoms with Gasteiger partial charge in [0.1, 0.15) is 5.75 Å². The minimum Gasteiger partial charge on any atom is -0.493 e. The van der Waals surface area contributed by atoms with Crippen molar-refractivity contribution in [2.75, 3.05) is 24.6 Å². The number of urea groups is 1. The van der Waals surface area contributed by atoms with Gasteiger partial charge in [0.05, 0.1) is 22.5 Å². The van der Waals surface area contributed by atoms with E-state index < -0.39 is 8.96 Å². The largest absolute Gasteiger partial charge is 0.493 e. The first kappa shape index (κ1) is 12.9. The Hall–Kier alpha value is -1.64. The Morgan fingerprint density at radius 3 is 3.36 bits per heavy atom. The van der Waals surface area contributed by atoms with Crippen LogP contribution in [0, 0.1) is 0 Å². The number of rotatable bonds is 1. The van der Waals surface area contributed by atoms with Crippen LogP contribution in [0.3, 0.4) is 0 Å². The summed E-state index contributed by atoms with van der Waals surface area (Å²) in [5.74, 6) is 0.946. The van der Waals surface area contributed by atoms with E-state index in [-0.39, 0.29) is 6.03 Å². The standard InChI is InChI=1S/C14H16N4O2SSi/c19-13-17-22-6-4-15-7-11(22)18(13)14-16-12-8-3-5-20-9(8)1-2-10(12)21-14/h1-2,11,15,22H,3-7H2,(H,17,19)/t11-,22+/m1/s1. The van der Waals surface area contributed by atoms with E-state index in [1.165, 1.54) is 5.56 Å². The van der Waals surface area contributed by atoms with Gasteiger partial charge in [-0.15, -0.1) is 0 Å². The maximum Gasteiger partial charge on any atom is 0.315 e. The second-order valence-corrected chi connectivity index (χ2v) is 9.83. The molecule has 1 aromatic heterocycles. The van der Waals surface area contributed by atoms with Crippen LogP contribution in [0.4, 0.5) is 9.93 Å². The summed E-state index contributed by atoms with van der Waals surface area (Å²) in [6, 6.07) is 5.23. The van der Waals surface area contributed by atoms with Crippen LogP contribution in [0.1, 0.15) is 5.56 Å². The first-order valence-electron chi connectivity index (χ1n) is 7.67. The number of aromatic nitrogens is 1. The molecule has 22 heavy (non-hydrogen) atoms. The van der Waals surface area contributed by atoms with Crippen molar-refractivity contribution in [2.24, 2.45) is 0 Å². The molecule has 0 unspecified atom stereocenters. The lowest BCUT2D eigenvalue weighted by Crippen LogP contribution is -2.52. The molecule has 3 aliphatic rings. The Labute approximate surface area is 133 Å². The number of thiazole rings is 1.